The second kappa shape index (κ2) is 8.31. The van der Waals surface area contributed by atoms with E-state index < -0.39 is 0 Å². The van der Waals surface area contributed by atoms with Crippen molar-refractivity contribution in [2.24, 2.45) is 10.9 Å². The van der Waals surface area contributed by atoms with E-state index in [1.165, 1.54) is 0 Å². The van der Waals surface area contributed by atoms with Crippen molar-refractivity contribution >= 4 is 11.9 Å². The SMILES string of the molecule is CCNC(=NCc1nnc2n1CCC2)N1CCC(C(=O)OCC)CC1. The maximum atomic E-state index is 11.9. The van der Waals surface area contributed by atoms with Crippen molar-refractivity contribution in [2.75, 3.05) is 26.2 Å². The van der Waals surface area contributed by atoms with Crippen LogP contribution in [0.4, 0.5) is 0 Å². The number of piperidine rings is 1. The number of nitrogens with one attached hydrogen (secondary N) is 1. The molecule has 0 unspecified atom stereocenters. The molecule has 1 aromatic heterocycles. The molecule has 2 aliphatic rings. The summed E-state index contributed by atoms with van der Waals surface area (Å²) in [5, 5.41) is 11.9. The largest absolute Gasteiger partial charge is 0.466 e. The van der Waals surface area contributed by atoms with Gasteiger partial charge in [-0.05, 0) is 33.1 Å². The van der Waals surface area contributed by atoms with Gasteiger partial charge in [-0.2, -0.15) is 0 Å². The number of fused-ring (bicyclic) bond motifs is 1. The molecule has 0 atom stereocenters. The van der Waals surface area contributed by atoms with Crippen LogP contribution >= 0.6 is 0 Å². The number of aryl methyl sites for hydroxylation is 1. The normalized spacial score (nSPS) is 18.3. The Morgan fingerprint density at radius 2 is 2.08 bits per heavy atom. The Labute approximate surface area is 148 Å². The summed E-state index contributed by atoms with van der Waals surface area (Å²) in [7, 11) is 0. The Hall–Kier alpha value is -2.12. The van der Waals surface area contributed by atoms with E-state index in [1.54, 1.807) is 0 Å². The number of guanidine groups is 1. The number of aromatic nitrogens is 3. The highest BCUT2D eigenvalue weighted by atomic mass is 16.5. The fourth-order valence-corrected chi connectivity index (χ4v) is 3.49. The molecule has 0 amide bonds. The lowest BCUT2D eigenvalue weighted by Gasteiger charge is -2.33. The van der Waals surface area contributed by atoms with E-state index in [0.717, 1.165) is 69.5 Å². The number of carbonyl (C=O) groups is 1. The third-order valence-electron chi connectivity index (χ3n) is 4.81. The van der Waals surface area contributed by atoms with Gasteiger partial charge in [0.25, 0.3) is 0 Å². The minimum Gasteiger partial charge on any atom is -0.466 e. The Morgan fingerprint density at radius 1 is 1.28 bits per heavy atom. The van der Waals surface area contributed by atoms with Crippen molar-refractivity contribution < 1.29 is 9.53 Å². The summed E-state index contributed by atoms with van der Waals surface area (Å²) in [6.45, 7) is 8.34. The maximum absolute atomic E-state index is 11.9. The zero-order valence-corrected chi connectivity index (χ0v) is 15.2. The number of likely N-dealkylation sites (tertiary alicyclic amines) is 1. The first-order valence-electron chi connectivity index (χ1n) is 9.33. The Balaban J connectivity index is 1.60. The van der Waals surface area contributed by atoms with E-state index in [2.05, 4.69) is 31.9 Å². The number of esters is 1. The summed E-state index contributed by atoms with van der Waals surface area (Å²) in [5.41, 5.74) is 0. The van der Waals surface area contributed by atoms with E-state index in [0.29, 0.717) is 13.2 Å². The van der Waals surface area contributed by atoms with Gasteiger partial charge in [0.05, 0.1) is 12.5 Å². The van der Waals surface area contributed by atoms with Gasteiger partial charge in [0, 0.05) is 32.6 Å². The minimum atomic E-state index is -0.0666. The van der Waals surface area contributed by atoms with Crippen LogP contribution in [-0.4, -0.2) is 57.8 Å². The van der Waals surface area contributed by atoms with Gasteiger partial charge in [0.2, 0.25) is 0 Å². The first kappa shape index (κ1) is 17.7. The predicted molar refractivity (Wildman–Crippen MR) is 94.1 cm³/mol. The summed E-state index contributed by atoms with van der Waals surface area (Å²) in [5.74, 6) is 2.84. The molecule has 0 aromatic carbocycles. The molecule has 0 aliphatic carbocycles. The van der Waals surface area contributed by atoms with Crippen LogP contribution in [0.3, 0.4) is 0 Å². The lowest BCUT2D eigenvalue weighted by molar-refractivity contribution is -0.149. The molecule has 25 heavy (non-hydrogen) atoms. The lowest BCUT2D eigenvalue weighted by Crippen LogP contribution is -2.46. The summed E-state index contributed by atoms with van der Waals surface area (Å²) < 4.78 is 7.32. The third kappa shape index (κ3) is 4.11. The molecule has 1 saturated heterocycles. The molecule has 1 fully saturated rings. The second-order valence-electron chi connectivity index (χ2n) is 6.47. The first-order valence-corrected chi connectivity index (χ1v) is 9.33. The Morgan fingerprint density at radius 3 is 2.80 bits per heavy atom. The van der Waals surface area contributed by atoms with Crippen molar-refractivity contribution in [1.29, 1.82) is 0 Å². The number of rotatable bonds is 5. The highest BCUT2D eigenvalue weighted by molar-refractivity contribution is 5.80. The minimum absolute atomic E-state index is 0.0128. The van der Waals surface area contributed by atoms with Crippen LogP contribution in [0.2, 0.25) is 0 Å². The molecule has 0 bridgehead atoms. The summed E-state index contributed by atoms with van der Waals surface area (Å²) >= 11 is 0. The molecule has 0 radical (unpaired) electrons. The quantitative estimate of drug-likeness (QED) is 0.485. The average molecular weight is 348 g/mol. The predicted octanol–water partition coefficient (Wildman–Crippen LogP) is 0.965. The topological polar surface area (TPSA) is 84.6 Å². The van der Waals surface area contributed by atoms with E-state index in [4.69, 9.17) is 9.73 Å². The number of ether oxygens (including phenoxy) is 1. The summed E-state index contributed by atoms with van der Waals surface area (Å²) in [6.07, 6.45) is 3.77. The molecular weight excluding hydrogens is 320 g/mol. The highest BCUT2D eigenvalue weighted by Crippen LogP contribution is 2.19. The Kier molecular flexibility index (Phi) is 5.88. The van der Waals surface area contributed by atoms with Gasteiger partial charge in [0.15, 0.2) is 11.8 Å². The maximum Gasteiger partial charge on any atom is 0.309 e. The smallest absolute Gasteiger partial charge is 0.309 e. The molecule has 0 spiro atoms. The highest BCUT2D eigenvalue weighted by Gasteiger charge is 2.27. The zero-order valence-electron chi connectivity index (χ0n) is 15.2. The van der Waals surface area contributed by atoms with Gasteiger partial charge in [-0.1, -0.05) is 0 Å². The van der Waals surface area contributed by atoms with Crippen molar-refractivity contribution in [3.05, 3.63) is 11.6 Å². The third-order valence-corrected chi connectivity index (χ3v) is 4.81. The standard InChI is InChI=1S/C17H28N6O2/c1-3-18-17(19-12-15-21-20-14-6-5-9-23(14)15)22-10-7-13(8-11-22)16(24)25-4-2/h13H,3-12H2,1-2H3,(H,18,19). The van der Waals surface area contributed by atoms with Gasteiger partial charge in [0.1, 0.15) is 12.4 Å². The summed E-state index contributed by atoms with van der Waals surface area (Å²) in [4.78, 5) is 18.9. The molecular formula is C17H28N6O2. The van der Waals surface area contributed by atoms with Crippen LogP contribution in [0, 0.1) is 5.92 Å². The molecule has 3 rings (SSSR count). The number of aliphatic imine (C=N–C) groups is 1. The number of hydrogen-bond donors (Lipinski definition) is 1. The van der Waals surface area contributed by atoms with Crippen LogP contribution in [0.1, 0.15) is 44.8 Å². The van der Waals surface area contributed by atoms with Crippen molar-refractivity contribution in [2.45, 2.75) is 52.6 Å². The molecule has 3 heterocycles. The van der Waals surface area contributed by atoms with Gasteiger partial charge in [-0.15, -0.1) is 10.2 Å². The first-order chi connectivity index (χ1) is 12.2. The number of hydrogen-bond acceptors (Lipinski definition) is 5. The molecule has 0 saturated carbocycles. The van der Waals surface area contributed by atoms with Crippen LogP contribution in [0.15, 0.2) is 4.99 Å². The van der Waals surface area contributed by atoms with E-state index in [1.807, 2.05) is 6.92 Å². The van der Waals surface area contributed by atoms with Crippen LogP contribution in [0.25, 0.3) is 0 Å². The van der Waals surface area contributed by atoms with Crippen molar-refractivity contribution in [3.8, 4) is 0 Å². The zero-order chi connectivity index (χ0) is 17.6. The monoisotopic (exact) mass is 348 g/mol. The van der Waals surface area contributed by atoms with Gasteiger partial charge >= 0.3 is 5.97 Å². The van der Waals surface area contributed by atoms with Crippen molar-refractivity contribution in [3.63, 3.8) is 0 Å². The molecule has 8 heteroatoms. The molecule has 2 aliphatic heterocycles. The van der Waals surface area contributed by atoms with Crippen molar-refractivity contribution in [1.82, 2.24) is 25.0 Å². The van der Waals surface area contributed by atoms with E-state index in [9.17, 15) is 4.79 Å². The van der Waals surface area contributed by atoms with Crippen LogP contribution in [0.5, 0.6) is 0 Å². The van der Waals surface area contributed by atoms with Gasteiger partial charge < -0.3 is 19.5 Å². The van der Waals surface area contributed by atoms with Gasteiger partial charge in [-0.25, -0.2) is 4.99 Å². The number of carbonyl (C=O) groups excluding carboxylic acids is 1. The van der Waals surface area contributed by atoms with Crippen LogP contribution < -0.4 is 5.32 Å². The number of nitrogens with zero attached hydrogens (tertiary/aromatic N) is 5. The molecule has 1 N–H and O–H groups in total. The fraction of sp³-hybridized carbons (Fsp3) is 0.765. The summed E-state index contributed by atoms with van der Waals surface area (Å²) in [6, 6.07) is 0. The fourth-order valence-electron chi connectivity index (χ4n) is 3.49. The molecule has 8 nitrogen and oxygen atoms in total. The van der Waals surface area contributed by atoms with E-state index in [-0.39, 0.29) is 11.9 Å². The van der Waals surface area contributed by atoms with Gasteiger partial charge in [-0.3, -0.25) is 4.79 Å². The molecule has 138 valence electrons. The average Bonchev–Trinajstić information content (AvgIpc) is 3.23. The second-order valence-corrected chi connectivity index (χ2v) is 6.47. The van der Waals surface area contributed by atoms with E-state index >= 15 is 0 Å². The van der Waals surface area contributed by atoms with Crippen LogP contribution in [-0.2, 0) is 29.0 Å². The molecule has 1 aromatic rings. The lowest BCUT2D eigenvalue weighted by atomic mass is 9.97. The Bertz CT molecular complexity index is 619.